The van der Waals surface area contributed by atoms with Crippen molar-refractivity contribution in [2.45, 2.75) is 0 Å². The van der Waals surface area contributed by atoms with E-state index in [1.165, 1.54) is 0 Å². The molecule has 0 aliphatic carbocycles. The molecule has 3 heterocycles. The number of nitrogens with zero attached hydrogens (tertiary/aromatic N) is 4. The molecule has 10 rings (SSSR count). The molecule has 1 aliphatic rings. The number of pyridine rings is 1. The number of para-hydroxylation sites is 1. The number of hydrogen-bond acceptors (Lipinski definition) is 5. The van der Waals surface area contributed by atoms with E-state index in [-0.39, 0.29) is 42.1 Å². The maximum absolute atomic E-state index is 6.66. The van der Waals surface area contributed by atoms with Crippen LogP contribution in [0.5, 0.6) is 23.0 Å². The molecular weight excluding hydrogens is 1160 g/mol. The quantitative estimate of drug-likeness (QED) is 0.101. The second-order valence-electron chi connectivity index (χ2n) is 14.4. The summed E-state index contributed by atoms with van der Waals surface area (Å²) in [6.45, 7) is 2.02. The zero-order valence-corrected chi connectivity index (χ0v) is 39.4. The zero-order chi connectivity index (χ0) is 42.8. The Bertz CT molecular complexity index is 2970. The maximum atomic E-state index is 6.66. The van der Waals surface area contributed by atoms with Gasteiger partial charge in [-0.3, -0.25) is 11.1 Å². The van der Waals surface area contributed by atoms with Crippen molar-refractivity contribution in [3.63, 3.8) is 0 Å². The first-order valence-corrected chi connectivity index (χ1v) is 20.2. The molecule has 7 aromatic carbocycles. The van der Waals surface area contributed by atoms with Crippen LogP contribution in [0.2, 0.25) is 0 Å². The molecule has 9 aromatic rings. The molecular formula is C57H37N4O2Pt2-3. The molecule has 8 heteroatoms. The van der Waals surface area contributed by atoms with Gasteiger partial charge in [-0.1, -0.05) is 96.8 Å². The van der Waals surface area contributed by atoms with Gasteiger partial charge in [0.25, 0.3) is 0 Å². The minimum Gasteiger partial charge on any atom is -0.669 e. The molecule has 2 aromatic heterocycles. The third-order valence-corrected chi connectivity index (χ3v) is 10.1. The van der Waals surface area contributed by atoms with E-state index < -0.39 is 0 Å². The van der Waals surface area contributed by atoms with Crippen molar-refractivity contribution in [2.24, 2.45) is 0 Å². The van der Waals surface area contributed by atoms with Crippen molar-refractivity contribution in [1.29, 1.82) is 0 Å². The van der Waals surface area contributed by atoms with Crippen LogP contribution in [0, 0.1) is 49.5 Å². The van der Waals surface area contributed by atoms with E-state index in [2.05, 4.69) is 120 Å². The van der Waals surface area contributed by atoms with Crippen molar-refractivity contribution >= 4 is 5.69 Å². The fourth-order valence-corrected chi connectivity index (χ4v) is 7.14. The summed E-state index contributed by atoms with van der Waals surface area (Å²) in [7, 11) is 2.00. The molecule has 6 nitrogen and oxygen atoms in total. The van der Waals surface area contributed by atoms with E-state index in [1.54, 1.807) is 23.2 Å². The fraction of sp³-hybridized carbons (Fsp3) is 0.0175. The van der Waals surface area contributed by atoms with E-state index in [9.17, 15) is 0 Å². The van der Waals surface area contributed by atoms with Crippen LogP contribution >= 0.6 is 0 Å². The molecule has 0 fully saturated rings. The maximum Gasteiger partial charge on any atom is 4.00 e. The Kier molecular flexibility index (Phi) is 15.5. The second kappa shape index (κ2) is 22.0. The Hall–Kier alpha value is -7.15. The number of hydrogen-bond donors (Lipinski definition) is 0. The van der Waals surface area contributed by atoms with Gasteiger partial charge in [0.1, 0.15) is 0 Å². The standard InChI is InChI=1S/C51H33N3O2.C6H4N.2Pt/c1-53-28-29-54(36-53)43-30-42(51-48(37-14-5-2-6-15-37)24-13-25-49(51)38-16-7-3-8-17-38)33-47(35-43)56-46-23-12-19-41(32-46)50-34-40(26-27-52-50)39-18-11-22-45(31-39)55-44-20-9-4-10-21-44;1-2-7-5-3-4-6-7;;/h2-20,22-25,27-30,33-34,36H,1H3;3-6H;;/q-6;-1;;+4. The smallest absolute Gasteiger partial charge is 0.669 e. The van der Waals surface area contributed by atoms with Gasteiger partial charge < -0.3 is 35.2 Å². The minimum atomic E-state index is 0. The summed E-state index contributed by atoms with van der Waals surface area (Å²) in [6.07, 6.45) is 15.8. The monoisotopic (exact) mass is 1200 g/mol. The van der Waals surface area contributed by atoms with Crippen LogP contribution in [0.3, 0.4) is 0 Å². The molecule has 0 radical (unpaired) electrons. The van der Waals surface area contributed by atoms with Gasteiger partial charge in [-0.15, -0.1) is 71.4 Å². The van der Waals surface area contributed by atoms with Gasteiger partial charge in [0.15, 0.2) is 0 Å². The topological polar surface area (TPSA) is 42.8 Å². The van der Waals surface area contributed by atoms with Crippen LogP contribution in [0.15, 0.2) is 201 Å². The normalized spacial score (nSPS) is 11.3. The first kappa shape index (κ1) is 45.9. The molecule has 0 unspecified atom stereocenters. The number of anilines is 1. The zero-order valence-electron chi connectivity index (χ0n) is 34.9. The third-order valence-electron chi connectivity index (χ3n) is 10.1. The molecule has 320 valence electrons. The van der Waals surface area contributed by atoms with Crippen LogP contribution in [-0.2, 0) is 42.1 Å². The third kappa shape index (κ3) is 11.3. The second-order valence-corrected chi connectivity index (χ2v) is 14.4. The molecule has 0 N–H and O–H groups in total. The van der Waals surface area contributed by atoms with Gasteiger partial charge in [-0.05, 0) is 59.4 Å². The average molecular weight is 1200 g/mol. The van der Waals surface area contributed by atoms with Gasteiger partial charge in [-0.2, -0.15) is 37.0 Å². The summed E-state index contributed by atoms with van der Waals surface area (Å²) >= 11 is 0. The Balaban J connectivity index is 0.000000642. The van der Waals surface area contributed by atoms with Gasteiger partial charge in [0.2, 0.25) is 0 Å². The van der Waals surface area contributed by atoms with Crippen molar-refractivity contribution in [3.05, 3.63) is 244 Å². The SMILES string of the molecule is CN1C=CN(c2[c-]c(Oc3[c-]c(-c4cc(-c5[c-]c(Oc6[c-]cccc6)ccc5)[c-]cn4)ccc3)cc(-c3c(-c4ccccc4)cccc3-c3ccccc3)c2)[CH-]1.[C-]#Cn1cccc1.[Pt+4].[Pt]. The van der Waals surface area contributed by atoms with E-state index in [0.29, 0.717) is 23.0 Å². The van der Waals surface area contributed by atoms with Crippen LogP contribution in [0.25, 0.3) is 55.8 Å². The molecule has 65 heavy (non-hydrogen) atoms. The number of ether oxygens (including phenoxy) is 2. The molecule has 0 saturated heterocycles. The Morgan fingerprint density at radius 2 is 1.18 bits per heavy atom. The summed E-state index contributed by atoms with van der Waals surface area (Å²) in [5, 5.41) is 0. The number of aromatic nitrogens is 2. The van der Waals surface area contributed by atoms with E-state index in [4.69, 9.17) is 15.9 Å². The predicted octanol–water partition coefficient (Wildman–Crippen LogP) is 13.2. The fourth-order valence-electron chi connectivity index (χ4n) is 7.14. The van der Waals surface area contributed by atoms with Crippen LogP contribution in [0.1, 0.15) is 0 Å². The van der Waals surface area contributed by atoms with Gasteiger partial charge in [0, 0.05) is 56.5 Å². The summed E-state index contributed by atoms with van der Waals surface area (Å²) in [6, 6.07) is 75.4. The first-order chi connectivity index (χ1) is 31.1. The average Bonchev–Trinajstić information content (AvgIpc) is 4.05. The largest absolute Gasteiger partial charge is 4.00 e. The molecule has 0 amide bonds. The molecule has 0 atom stereocenters. The van der Waals surface area contributed by atoms with Crippen molar-refractivity contribution < 1.29 is 51.6 Å². The first-order valence-electron chi connectivity index (χ1n) is 20.2. The van der Waals surface area contributed by atoms with Crippen molar-refractivity contribution in [2.75, 3.05) is 11.9 Å². The van der Waals surface area contributed by atoms with Crippen molar-refractivity contribution in [1.82, 2.24) is 14.5 Å². The molecule has 0 bridgehead atoms. The van der Waals surface area contributed by atoms with Gasteiger partial charge in [-0.25, -0.2) is 24.2 Å². The van der Waals surface area contributed by atoms with Crippen molar-refractivity contribution in [3.8, 4) is 84.8 Å². The van der Waals surface area contributed by atoms with E-state index in [1.807, 2.05) is 127 Å². The summed E-state index contributed by atoms with van der Waals surface area (Å²) in [5.74, 6) is 2.31. The van der Waals surface area contributed by atoms with Gasteiger partial charge in [0.05, 0.1) is 0 Å². The molecule has 0 saturated carbocycles. The predicted molar refractivity (Wildman–Crippen MR) is 249 cm³/mol. The number of rotatable bonds is 10. The summed E-state index contributed by atoms with van der Waals surface area (Å²) < 4.78 is 14.2. The Morgan fingerprint density at radius 1 is 0.569 bits per heavy atom. The van der Waals surface area contributed by atoms with Crippen LogP contribution < -0.4 is 14.4 Å². The van der Waals surface area contributed by atoms with E-state index in [0.717, 1.165) is 61.5 Å². The Labute approximate surface area is 410 Å². The Morgan fingerprint density at radius 3 is 1.80 bits per heavy atom. The summed E-state index contributed by atoms with van der Waals surface area (Å²) in [5.41, 5.74) is 10.6. The van der Waals surface area contributed by atoms with Crippen LogP contribution in [0.4, 0.5) is 5.69 Å². The minimum absolute atomic E-state index is 0. The van der Waals surface area contributed by atoms with E-state index >= 15 is 0 Å². The summed E-state index contributed by atoms with van der Waals surface area (Å²) in [4.78, 5) is 8.71. The van der Waals surface area contributed by atoms with Gasteiger partial charge >= 0.3 is 21.1 Å². The molecule has 0 spiro atoms. The molecule has 1 aliphatic heterocycles. The van der Waals surface area contributed by atoms with Crippen LogP contribution in [-0.4, -0.2) is 21.5 Å². The number of benzene rings is 7.